The normalized spacial score (nSPS) is 15.0. The summed E-state index contributed by atoms with van der Waals surface area (Å²) in [6.45, 7) is 3.26. The molecule has 1 aliphatic rings. The molecular weight excluding hydrogens is 473 g/mol. The number of halogens is 2. The predicted octanol–water partition coefficient (Wildman–Crippen LogP) is 3.23. The van der Waals surface area contributed by atoms with Crippen LogP contribution in [0.2, 0.25) is 10.0 Å². The Morgan fingerprint density at radius 2 is 1.88 bits per heavy atom. The number of aryl methyl sites for hydroxylation is 1. The number of hydrogen-bond acceptors (Lipinski definition) is 6. The second-order valence-corrected chi connectivity index (χ2v) is 7.75. The third-order valence-corrected chi connectivity index (χ3v) is 5.03. The second kappa shape index (κ2) is 9.93. The van der Waals surface area contributed by atoms with Crippen molar-refractivity contribution in [1.29, 1.82) is 0 Å². The van der Waals surface area contributed by atoms with Crippen LogP contribution in [0.3, 0.4) is 0 Å². The molecule has 5 amide bonds. The van der Waals surface area contributed by atoms with Crippen LogP contribution in [0, 0.1) is 6.92 Å². The van der Waals surface area contributed by atoms with Crippen molar-refractivity contribution in [3.63, 3.8) is 0 Å². The molecule has 0 atom stereocenters. The summed E-state index contributed by atoms with van der Waals surface area (Å²) < 4.78 is 10.8. The Balaban J connectivity index is 2.04. The van der Waals surface area contributed by atoms with Gasteiger partial charge in [-0.15, -0.1) is 0 Å². The van der Waals surface area contributed by atoms with Crippen molar-refractivity contribution in [1.82, 2.24) is 5.32 Å². The van der Waals surface area contributed by atoms with E-state index in [2.05, 4.69) is 5.32 Å². The maximum atomic E-state index is 13.1. The summed E-state index contributed by atoms with van der Waals surface area (Å²) in [6.07, 6.45) is 1.27. The van der Waals surface area contributed by atoms with E-state index < -0.39 is 30.4 Å². The van der Waals surface area contributed by atoms with Gasteiger partial charge in [0, 0.05) is 5.02 Å². The molecule has 1 saturated heterocycles. The number of hydrogen-bond donors (Lipinski definition) is 2. The smallest absolute Gasteiger partial charge is 0.335 e. The van der Waals surface area contributed by atoms with Crippen LogP contribution < -0.4 is 25.4 Å². The first-order chi connectivity index (χ1) is 15.6. The molecule has 0 unspecified atom stereocenters. The SMILES string of the molecule is CCOc1cc(/C=C2\C(=O)NC(=O)N(c3cc(Cl)ccc3C)C2=O)cc(Cl)c1OCC(N)=O. The first-order valence-electron chi connectivity index (χ1n) is 9.67. The van der Waals surface area contributed by atoms with E-state index in [1.54, 1.807) is 26.0 Å². The summed E-state index contributed by atoms with van der Waals surface area (Å²) in [7, 11) is 0. The van der Waals surface area contributed by atoms with Gasteiger partial charge in [0.25, 0.3) is 17.7 Å². The van der Waals surface area contributed by atoms with Gasteiger partial charge in [0.15, 0.2) is 18.1 Å². The van der Waals surface area contributed by atoms with E-state index in [-0.39, 0.29) is 34.4 Å². The quantitative estimate of drug-likeness (QED) is 0.451. The van der Waals surface area contributed by atoms with E-state index in [1.807, 2.05) is 0 Å². The van der Waals surface area contributed by atoms with Gasteiger partial charge in [0.05, 0.1) is 17.3 Å². The molecule has 2 aromatic carbocycles. The van der Waals surface area contributed by atoms with Crippen molar-refractivity contribution in [2.75, 3.05) is 18.1 Å². The summed E-state index contributed by atoms with van der Waals surface area (Å²) in [5, 5.41) is 2.53. The summed E-state index contributed by atoms with van der Waals surface area (Å²) in [4.78, 5) is 50.0. The number of nitrogens with two attached hydrogens (primary N) is 1. The predicted molar refractivity (Wildman–Crippen MR) is 123 cm³/mol. The van der Waals surface area contributed by atoms with Gasteiger partial charge in [-0.1, -0.05) is 29.3 Å². The molecule has 1 fully saturated rings. The Hall–Kier alpha value is -3.56. The fraction of sp³-hybridized carbons (Fsp3) is 0.182. The molecule has 0 spiro atoms. The lowest BCUT2D eigenvalue weighted by Crippen LogP contribution is -2.54. The van der Waals surface area contributed by atoms with Gasteiger partial charge >= 0.3 is 6.03 Å². The highest BCUT2D eigenvalue weighted by Crippen LogP contribution is 2.37. The minimum Gasteiger partial charge on any atom is -0.490 e. The van der Waals surface area contributed by atoms with E-state index in [9.17, 15) is 19.2 Å². The van der Waals surface area contributed by atoms with Crippen molar-refractivity contribution in [3.05, 3.63) is 57.1 Å². The maximum Gasteiger partial charge on any atom is 0.335 e. The molecule has 11 heteroatoms. The van der Waals surface area contributed by atoms with Crippen molar-refractivity contribution in [3.8, 4) is 11.5 Å². The number of urea groups is 1. The number of barbiturate groups is 1. The van der Waals surface area contributed by atoms with E-state index in [1.165, 1.54) is 24.3 Å². The van der Waals surface area contributed by atoms with Crippen LogP contribution >= 0.6 is 23.2 Å². The molecule has 2 aromatic rings. The van der Waals surface area contributed by atoms with Crippen molar-refractivity contribution < 1.29 is 28.7 Å². The first kappa shape index (κ1) is 24.1. The number of benzene rings is 2. The standard InChI is InChI=1S/C22H19Cl2N3O6/c1-3-32-17-8-12(7-15(24)19(17)33-10-18(25)28)6-14-20(29)26-22(31)27(21(14)30)16-9-13(23)5-4-11(16)2/h4-9H,3,10H2,1-2H3,(H2,25,28)(H,26,29,31)/b14-6+. The largest absolute Gasteiger partial charge is 0.490 e. The molecule has 1 heterocycles. The minimum atomic E-state index is -0.893. The average molecular weight is 492 g/mol. The lowest BCUT2D eigenvalue weighted by molar-refractivity contribution is -0.123. The minimum absolute atomic E-state index is 0.0661. The van der Waals surface area contributed by atoms with Crippen molar-refractivity contribution in [2.24, 2.45) is 5.73 Å². The van der Waals surface area contributed by atoms with Gasteiger partial charge in [-0.3, -0.25) is 19.7 Å². The van der Waals surface area contributed by atoms with Gasteiger partial charge < -0.3 is 15.2 Å². The number of primary amides is 1. The highest BCUT2D eigenvalue weighted by atomic mass is 35.5. The Bertz CT molecular complexity index is 1190. The number of nitrogens with zero attached hydrogens (tertiary/aromatic N) is 1. The van der Waals surface area contributed by atoms with Crippen LogP contribution in [0.4, 0.5) is 10.5 Å². The van der Waals surface area contributed by atoms with E-state index in [0.29, 0.717) is 16.1 Å². The summed E-state index contributed by atoms with van der Waals surface area (Å²) in [5.74, 6) is -2.14. The number of anilines is 1. The summed E-state index contributed by atoms with van der Waals surface area (Å²) >= 11 is 12.3. The molecule has 1 aliphatic heterocycles. The molecule has 0 bridgehead atoms. The fourth-order valence-corrected chi connectivity index (χ4v) is 3.52. The van der Waals surface area contributed by atoms with Crippen molar-refractivity contribution >= 4 is 58.7 Å². The third kappa shape index (κ3) is 5.27. The molecule has 172 valence electrons. The average Bonchev–Trinajstić information content (AvgIpc) is 2.73. The zero-order valence-corrected chi connectivity index (χ0v) is 19.1. The Kier molecular flexibility index (Phi) is 7.25. The molecule has 3 rings (SSSR count). The lowest BCUT2D eigenvalue weighted by atomic mass is 10.1. The number of amides is 5. The molecule has 0 aromatic heterocycles. The van der Waals surface area contributed by atoms with Crippen LogP contribution in [-0.4, -0.2) is 37.0 Å². The lowest BCUT2D eigenvalue weighted by Gasteiger charge is -2.27. The van der Waals surface area contributed by atoms with Crippen LogP contribution in [0.1, 0.15) is 18.1 Å². The Labute approximate surface area is 199 Å². The molecule has 0 saturated carbocycles. The number of carbonyl (C=O) groups is 4. The molecular formula is C22H19Cl2N3O6. The Morgan fingerprint density at radius 3 is 2.55 bits per heavy atom. The van der Waals surface area contributed by atoms with Gasteiger partial charge in [0.2, 0.25) is 0 Å². The van der Waals surface area contributed by atoms with E-state index >= 15 is 0 Å². The van der Waals surface area contributed by atoms with Gasteiger partial charge in [-0.2, -0.15) is 0 Å². The fourth-order valence-electron chi connectivity index (χ4n) is 3.08. The zero-order chi connectivity index (χ0) is 24.3. The molecule has 3 N–H and O–H groups in total. The van der Waals surface area contributed by atoms with E-state index in [4.69, 9.17) is 38.4 Å². The van der Waals surface area contributed by atoms with Gasteiger partial charge in [-0.25, -0.2) is 9.69 Å². The highest BCUT2D eigenvalue weighted by molar-refractivity contribution is 6.40. The van der Waals surface area contributed by atoms with Crippen molar-refractivity contribution in [2.45, 2.75) is 13.8 Å². The van der Waals surface area contributed by atoms with Gasteiger partial charge in [0.1, 0.15) is 5.57 Å². The van der Waals surface area contributed by atoms with Crippen LogP contribution in [0.15, 0.2) is 35.9 Å². The summed E-state index contributed by atoms with van der Waals surface area (Å²) in [6, 6.07) is 6.72. The number of imide groups is 2. The number of rotatable bonds is 7. The third-order valence-electron chi connectivity index (χ3n) is 4.52. The van der Waals surface area contributed by atoms with Crippen LogP contribution in [0.5, 0.6) is 11.5 Å². The van der Waals surface area contributed by atoms with Crippen LogP contribution in [0.25, 0.3) is 6.08 Å². The Morgan fingerprint density at radius 1 is 1.15 bits per heavy atom. The highest BCUT2D eigenvalue weighted by Gasteiger charge is 2.37. The zero-order valence-electron chi connectivity index (χ0n) is 17.6. The molecule has 9 nitrogen and oxygen atoms in total. The monoisotopic (exact) mass is 491 g/mol. The molecule has 33 heavy (non-hydrogen) atoms. The molecule has 0 radical (unpaired) electrons. The van der Waals surface area contributed by atoms with E-state index in [0.717, 1.165) is 4.90 Å². The summed E-state index contributed by atoms with van der Waals surface area (Å²) in [5.41, 5.74) is 5.98. The number of carbonyl (C=O) groups excluding carboxylic acids is 4. The number of nitrogens with one attached hydrogen (secondary N) is 1. The first-order valence-corrected chi connectivity index (χ1v) is 10.4. The second-order valence-electron chi connectivity index (χ2n) is 6.91. The molecule has 0 aliphatic carbocycles. The topological polar surface area (TPSA) is 128 Å². The number of ether oxygens (including phenoxy) is 2. The maximum absolute atomic E-state index is 13.1. The van der Waals surface area contributed by atoms with Gasteiger partial charge in [-0.05, 0) is 55.3 Å². The van der Waals surface area contributed by atoms with Crippen LogP contribution in [-0.2, 0) is 14.4 Å².